The van der Waals surface area contributed by atoms with Crippen LogP contribution >= 0.6 is 0 Å². The van der Waals surface area contributed by atoms with Crippen molar-refractivity contribution in [2.45, 2.75) is 6.54 Å². The van der Waals surface area contributed by atoms with Gasteiger partial charge in [0.1, 0.15) is 17.3 Å². The van der Waals surface area contributed by atoms with Crippen molar-refractivity contribution >= 4 is 11.9 Å². The van der Waals surface area contributed by atoms with Crippen molar-refractivity contribution in [1.82, 2.24) is 16.0 Å². The van der Waals surface area contributed by atoms with Gasteiger partial charge in [0.2, 0.25) is 5.91 Å². The van der Waals surface area contributed by atoms with Crippen LogP contribution in [0, 0.1) is 5.82 Å². The van der Waals surface area contributed by atoms with Crippen molar-refractivity contribution in [3.05, 3.63) is 48.0 Å². The minimum Gasteiger partial charge on any atom is -0.459 e. The fraction of sp³-hybridized carbons (Fsp3) is 0.200. The first kappa shape index (κ1) is 15.6. The molecule has 0 aliphatic heterocycles. The molecule has 116 valence electrons. The normalized spacial score (nSPS) is 10.1. The number of nitrogens with one attached hydrogen (secondary N) is 3. The summed E-state index contributed by atoms with van der Waals surface area (Å²) in [5, 5.41) is 7.36. The molecule has 1 aromatic heterocycles. The predicted molar refractivity (Wildman–Crippen MR) is 78.4 cm³/mol. The van der Waals surface area contributed by atoms with Gasteiger partial charge < -0.3 is 20.4 Å². The van der Waals surface area contributed by atoms with Crippen LogP contribution in [-0.2, 0) is 11.3 Å². The molecule has 2 aromatic rings. The Hall–Kier alpha value is -2.83. The van der Waals surface area contributed by atoms with Gasteiger partial charge in [-0.1, -0.05) is 0 Å². The molecule has 6 nitrogen and oxygen atoms in total. The van der Waals surface area contributed by atoms with Crippen molar-refractivity contribution in [3.8, 4) is 11.3 Å². The third-order valence-electron chi connectivity index (χ3n) is 2.90. The number of benzene rings is 1. The topological polar surface area (TPSA) is 83.4 Å². The van der Waals surface area contributed by atoms with Gasteiger partial charge in [0, 0.05) is 12.6 Å². The van der Waals surface area contributed by atoms with E-state index < -0.39 is 6.03 Å². The van der Waals surface area contributed by atoms with Gasteiger partial charge >= 0.3 is 6.03 Å². The molecule has 0 bridgehead atoms. The average molecular weight is 305 g/mol. The van der Waals surface area contributed by atoms with Crippen LogP contribution in [0.25, 0.3) is 11.3 Å². The molecule has 0 unspecified atom stereocenters. The Balaban J connectivity index is 1.86. The first-order chi connectivity index (χ1) is 10.6. The van der Waals surface area contributed by atoms with Crippen molar-refractivity contribution in [3.63, 3.8) is 0 Å². The molecule has 7 heteroatoms. The highest BCUT2D eigenvalue weighted by atomic mass is 19.1. The number of likely N-dealkylation sites (N-methyl/N-ethyl adjacent to an activating group) is 1. The monoisotopic (exact) mass is 305 g/mol. The minimum absolute atomic E-state index is 0.0959. The van der Waals surface area contributed by atoms with Crippen LogP contribution in [0.5, 0.6) is 0 Å². The lowest BCUT2D eigenvalue weighted by molar-refractivity contribution is -0.119. The van der Waals surface area contributed by atoms with Crippen LogP contribution in [0.2, 0.25) is 0 Å². The Kier molecular flexibility index (Phi) is 5.13. The summed E-state index contributed by atoms with van der Waals surface area (Å²) in [5.41, 5.74) is 0.747. The number of furan rings is 1. The summed E-state index contributed by atoms with van der Waals surface area (Å²) in [5.74, 6) is 0.536. The maximum Gasteiger partial charge on any atom is 0.315 e. The lowest BCUT2D eigenvalue weighted by Gasteiger charge is -2.05. The molecule has 0 saturated carbocycles. The third kappa shape index (κ3) is 4.34. The zero-order valence-electron chi connectivity index (χ0n) is 12.0. The minimum atomic E-state index is -0.469. The predicted octanol–water partition coefficient (Wildman–Crippen LogP) is 1.63. The molecule has 1 heterocycles. The number of urea groups is 1. The second-order valence-electron chi connectivity index (χ2n) is 4.48. The molecule has 2 rings (SSSR count). The standard InChI is InChI=1S/C15H16FN3O3/c1-17-14(20)9-19-15(21)18-8-12-6-7-13(22-12)10-2-4-11(16)5-3-10/h2-7H,8-9H2,1H3,(H,17,20)(H2,18,19,21). The van der Waals surface area contributed by atoms with Crippen LogP contribution in [0.15, 0.2) is 40.8 Å². The molecule has 1 aromatic carbocycles. The van der Waals surface area contributed by atoms with Gasteiger partial charge in [0.25, 0.3) is 0 Å². The van der Waals surface area contributed by atoms with E-state index in [1.165, 1.54) is 19.2 Å². The molecular weight excluding hydrogens is 289 g/mol. The van der Waals surface area contributed by atoms with E-state index in [-0.39, 0.29) is 24.8 Å². The van der Waals surface area contributed by atoms with Crippen LogP contribution in [0.4, 0.5) is 9.18 Å². The number of amides is 3. The van der Waals surface area contributed by atoms with Gasteiger partial charge in [-0.25, -0.2) is 9.18 Å². The Bertz CT molecular complexity index is 652. The lowest BCUT2D eigenvalue weighted by Crippen LogP contribution is -2.40. The Morgan fingerprint density at radius 2 is 1.82 bits per heavy atom. The van der Waals surface area contributed by atoms with E-state index in [0.717, 1.165) is 5.56 Å². The van der Waals surface area contributed by atoms with E-state index in [1.807, 2.05) is 0 Å². The number of halogens is 1. The zero-order valence-corrected chi connectivity index (χ0v) is 12.0. The molecular formula is C15H16FN3O3. The van der Waals surface area contributed by atoms with Gasteiger partial charge in [0.05, 0.1) is 13.1 Å². The van der Waals surface area contributed by atoms with Crippen molar-refractivity contribution < 1.29 is 18.4 Å². The molecule has 0 aliphatic carbocycles. The smallest absolute Gasteiger partial charge is 0.315 e. The largest absolute Gasteiger partial charge is 0.459 e. The van der Waals surface area contributed by atoms with E-state index in [2.05, 4.69) is 16.0 Å². The van der Waals surface area contributed by atoms with E-state index in [0.29, 0.717) is 11.5 Å². The highest BCUT2D eigenvalue weighted by Crippen LogP contribution is 2.22. The fourth-order valence-corrected chi connectivity index (χ4v) is 1.72. The van der Waals surface area contributed by atoms with Gasteiger partial charge in [-0.2, -0.15) is 0 Å². The quantitative estimate of drug-likeness (QED) is 0.785. The Labute approximate surface area is 126 Å². The molecule has 22 heavy (non-hydrogen) atoms. The number of rotatable bonds is 5. The molecule has 0 aliphatic rings. The summed E-state index contributed by atoms with van der Waals surface area (Å²) >= 11 is 0. The van der Waals surface area contributed by atoms with Crippen LogP contribution < -0.4 is 16.0 Å². The SMILES string of the molecule is CNC(=O)CNC(=O)NCc1ccc(-c2ccc(F)cc2)o1. The van der Waals surface area contributed by atoms with E-state index in [9.17, 15) is 14.0 Å². The highest BCUT2D eigenvalue weighted by molar-refractivity contribution is 5.83. The first-order valence-corrected chi connectivity index (χ1v) is 6.65. The van der Waals surface area contributed by atoms with Gasteiger partial charge in [-0.15, -0.1) is 0 Å². The number of hydrogen-bond donors (Lipinski definition) is 3. The second-order valence-corrected chi connectivity index (χ2v) is 4.48. The fourth-order valence-electron chi connectivity index (χ4n) is 1.72. The van der Waals surface area contributed by atoms with E-state index in [1.54, 1.807) is 24.3 Å². The summed E-state index contributed by atoms with van der Waals surface area (Å²) in [4.78, 5) is 22.4. The van der Waals surface area contributed by atoms with E-state index in [4.69, 9.17) is 4.42 Å². The van der Waals surface area contributed by atoms with Crippen LogP contribution in [0.1, 0.15) is 5.76 Å². The lowest BCUT2D eigenvalue weighted by atomic mass is 10.2. The maximum absolute atomic E-state index is 12.9. The van der Waals surface area contributed by atoms with Crippen molar-refractivity contribution in [2.75, 3.05) is 13.6 Å². The molecule has 3 amide bonds. The van der Waals surface area contributed by atoms with Gasteiger partial charge in [-0.05, 0) is 36.4 Å². The number of carbonyl (C=O) groups is 2. The maximum atomic E-state index is 12.9. The van der Waals surface area contributed by atoms with Gasteiger partial charge in [0.15, 0.2) is 0 Å². The summed E-state index contributed by atoms with van der Waals surface area (Å²) < 4.78 is 18.4. The third-order valence-corrected chi connectivity index (χ3v) is 2.90. The summed E-state index contributed by atoms with van der Waals surface area (Å²) in [6, 6.07) is 8.92. The molecule has 0 spiro atoms. The number of hydrogen-bond acceptors (Lipinski definition) is 3. The van der Waals surface area contributed by atoms with E-state index >= 15 is 0 Å². The molecule has 0 radical (unpaired) electrons. The molecule has 0 saturated heterocycles. The molecule has 0 fully saturated rings. The summed E-state index contributed by atoms with van der Waals surface area (Å²) in [7, 11) is 1.49. The van der Waals surface area contributed by atoms with Crippen LogP contribution in [0.3, 0.4) is 0 Å². The zero-order chi connectivity index (χ0) is 15.9. The van der Waals surface area contributed by atoms with Crippen LogP contribution in [-0.4, -0.2) is 25.5 Å². The van der Waals surface area contributed by atoms with Crippen molar-refractivity contribution in [1.29, 1.82) is 0 Å². The average Bonchev–Trinajstić information content (AvgIpc) is 3.00. The second kappa shape index (κ2) is 7.26. The molecule has 0 atom stereocenters. The highest BCUT2D eigenvalue weighted by Gasteiger charge is 2.07. The first-order valence-electron chi connectivity index (χ1n) is 6.65. The van der Waals surface area contributed by atoms with Gasteiger partial charge in [-0.3, -0.25) is 4.79 Å². The Morgan fingerprint density at radius 1 is 1.09 bits per heavy atom. The molecule has 3 N–H and O–H groups in total. The van der Waals surface area contributed by atoms with Crippen molar-refractivity contribution in [2.24, 2.45) is 0 Å². The summed E-state index contributed by atoms with van der Waals surface area (Å²) in [6.07, 6.45) is 0. The summed E-state index contributed by atoms with van der Waals surface area (Å²) in [6.45, 7) is 0.0854. The Morgan fingerprint density at radius 3 is 2.50 bits per heavy atom. The number of carbonyl (C=O) groups excluding carboxylic acids is 2.